The first-order chi connectivity index (χ1) is 27.9. The van der Waals surface area contributed by atoms with Gasteiger partial charge in [0, 0.05) is 49.0 Å². The molecule has 0 aliphatic carbocycles. The fourth-order valence-corrected chi connectivity index (χ4v) is 8.60. The molecule has 0 saturated carbocycles. The van der Waals surface area contributed by atoms with E-state index in [4.69, 9.17) is 15.0 Å². The minimum atomic E-state index is -0.395. The highest BCUT2D eigenvalue weighted by molar-refractivity contribution is 6.13. The molecule has 11 aromatic rings. The van der Waals surface area contributed by atoms with Gasteiger partial charge in [0.2, 0.25) is 5.95 Å². The zero-order valence-electron chi connectivity index (χ0n) is 31.6. The molecule has 0 amide bonds. The highest BCUT2D eigenvalue weighted by atomic mass is 15.2. The lowest BCUT2D eigenvalue weighted by atomic mass is 9.95. The predicted molar refractivity (Wildman–Crippen MR) is 232 cm³/mol. The molecule has 7 heteroatoms. The topological polar surface area (TPSA) is 77.2 Å². The molecule has 0 aliphatic heterocycles. The maximum Gasteiger partial charge on any atom is 0.238 e. The largest absolute Gasteiger partial charge is 0.309 e. The molecule has 0 N–H and O–H groups in total. The van der Waals surface area contributed by atoms with E-state index >= 15 is 0 Å². The van der Waals surface area contributed by atoms with Crippen molar-refractivity contribution < 1.29 is 0 Å². The highest BCUT2D eigenvalue weighted by Crippen LogP contribution is 2.40. The number of fused-ring (bicyclic) bond motifs is 9. The monoisotopic (exact) mass is 733 g/mol. The Morgan fingerprint density at radius 1 is 0.456 bits per heavy atom. The molecule has 57 heavy (non-hydrogen) atoms. The van der Waals surface area contributed by atoms with Crippen LogP contribution < -0.4 is 0 Å². The van der Waals surface area contributed by atoms with Gasteiger partial charge in [0.1, 0.15) is 5.82 Å². The van der Waals surface area contributed by atoms with Crippen molar-refractivity contribution in [3.05, 3.63) is 169 Å². The van der Waals surface area contributed by atoms with E-state index in [0.29, 0.717) is 23.2 Å². The molecule has 0 unspecified atom stereocenters. The van der Waals surface area contributed by atoms with Gasteiger partial charge in [-0.1, -0.05) is 112 Å². The van der Waals surface area contributed by atoms with Gasteiger partial charge in [-0.15, -0.1) is 0 Å². The summed E-state index contributed by atoms with van der Waals surface area (Å²) < 4.78 is 6.78. The molecule has 7 aromatic carbocycles. The van der Waals surface area contributed by atoms with E-state index in [1.54, 1.807) is 0 Å². The Kier molecular flexibility index (Phi) is 7.04. The molecule has 0 saturated heterocycles. The second-order valence-electron chi connectivity index (χ2n) is 15.7. The maximum atomic E-state index is 10.3. The van der Waals surface area contributed by atoms with Crippen LogP contribution in [0.1, 0.15) is 32.2 Å². The Bertz CT molecular complexity index is 3370. The van der Waals surface area contributed by atoms with Gasteiger partial charge in [-0.3, -0.25) is 4.57 Å². The second-order valence-corrected chi connectivity index (χ2v) is 15.7. The van der Waals surface area contributed by atoms with Crippen LogP contribution >= 0.6 is 0 Å². The van der Waals surface area contributed by atoms with Crippen LogP contribution in [-0.4, -0.2) is 28.7 Å². The Morgan fingerprint density at radius 3 is 1.46 bits per heavy atom. The minimum absolute atomic E-state index is 0.395. The number of nitrogens with zero attached hydrogens (tertiary/aromatic N) is 7. The lowest BCUT2D eigenvalue weighted by Gasteiger charge is -2.20. The van der Waals surface area contributed by atoms with Gasteiger partial charge in [-0.25, -0.2) is 4.98 Å². The maximum absolute atomic E-state index is 10.3. The Labute approximate surface area is 328 Å². The fourth-order valence-electron chi connectivity index (χ4n) is 8.60. The normalized spacial score (nSPS) is 12.1. The Hall–Kier alpha value is -7.56. The third-order valence-corrected chi connectivity index (χ3v) is 11.2. The van der Waals surface area contributed by atoms with Crippen molar-refractivity contribution in [2.75, 3.05) is 0 Å². The van der Waals surface area contributed by atoms with Crippen LogP contribution in [-0.2, 0) is 5.41 Å². The van der Waals surface area contributed by atoms with Crippen molar-refractivity contribution in [1.29, 1.82) is 5.26 Å². The molecule has 7 nitrogen and oxygen atoms in total. The van der Waals surface area contributed by atoms with Crippen molar-refractivity contribution in [2.24, 2.45) is 0 Å². The van der Waals surface area contributed by atoms with Gasteiger partial charge >= 0.3 is 0 Å². The molecule has 0 atom stereocenters. The first-order valence-electron chi connectivity index (χ1n) is 19.2. The molecule has 0 radical (unpaired) electrons. The predicted octanol–water partition coefficient (Wildman–Crippen LogP) is 12.0. The minimum Gasteiger partial charge on any atom is -0.309 e. The van der Waals surface area contributed by atoms with Gasteiger partial charge in [0.15, 0.2) is 5.82 Å². The smallest absolute Gasteiger partial charge is 0.238 e. The summed E-state index contributed by atoms with van der Waals surface area (Å²) in [7, 11) is 0. The van der Waals surface area contributed by atoms with Crippen LogP contribution in [0.3, 0.4) is 0 Å². The number of benzene rings is 7. The number of rotatable bonds is 4. The van der Waals surface area contributed by atoms with Crippen LogP contribution in [0, 0.1) is 11.3 Å². The SMILES string of the molecule is CC(C)(C)c1nc(-c2cc(C#N)ccc2-n2c3ccccc3c3cc(-n4c5ccccc5c5ccccc54)ccc32)nc(-n2c3ccccc3c3ccccc32)n1. The average Bonchev–Trinajstić information content (AvgIpc) is 3.88. The van der Waals surface area contributed by atoms with E-state index in [1.165, 1.54) is 21.8 Å². The molecule has 270 valence electrons. The molecular formula is C50H35N7. The Balaban J connectivity index is 1.18. The zero-order chi connectivity index (χ0) is 38.4. The van der Waals surface area contributed by atoms with Crippen molar-refractivity contribution in [3.8, 4) is 34.8 Å². The summed E-state index contributed by atoms with van der Waals surface area (Å²) in [5.41, 5.74) is 9.30. The molecule has 0 fully saturated rings. The summed E-state index contributed by atoms with van der Waals surface area (Å²) in [5.74, 6) is 1.70. The number of hydrogen-bond acceptors (Lipinski definition) is 4. The summed E-state index contributed by atoms with van der Waals surface area (Å²) in [5, 5.41) is 17.2. The van der Waals surface area contributed by atoms with Crippen molar-refractivity contribution in [2.45, 2.75) is 26.2 Å². The molecule has 11 rings (SSSR count). The summed E-state index contributed by atoms with van der Waals surface area (Å²) >= 11 is 0. The van der Waals surface area contributed by atoms with Crippen LogP contribution in [0.25, 0.3) is 94.1 Å². The molecule has 4 aromatic heterocycles. The fraction of sp³-hybridized carbons (Fsp3) is 0.0800. The van der Waals surface area contributed by atoms with Crippen LogP contribution in [0.5, 0.6) is 0 Å². The lowest BCUT2D eigenvalue weighted by Crippen LogP contribution is -2.19. The molecular weight excluding hydrogens is 699 g/mol. The third-order valence-electron chi connectivity index (χ3n) is 11.2. The standard InChI is InChI=1S/C50H35N7/c1-50(2,3)48-52-47(53-49(54-48)57-43-22-12-6-16-35(43)36-17-7-13-23-44(36)57)39-28-31(30-51)24-26-46(39)56-42-21-11-8-18-37(42)38-29-32(25-27-45(38)56)55-40-19-9-4-14-33(40)34-15-5-10-20-41(34)55/h4-29H,1-3H3. The summed E-state index contributed by atoms with van der Waals surface area (Å²) in [4.78, 5) is 15.6. The van der Waals surface area contributed by atoms with Gasteiger partial charge in [-0.2, -0.15) is 15.2 Å². The quantitative estimate of drug-likeness (QED) is 0.180. The summed E-state index contributed by atoms with van der Waals surface area (Å²) in [6.07, 6.45) is 0. The van der Waals surface area contributed by atoms with E-state index in [1.807, 2.05) is 30.3 Å². The second kappa shape index (κ2) is 12.2. The number of hydrogen-bond donors (Lipinski definition) is 0. The van der Waals surface area contributed by atoms with E-state index in [-0.39, 0.29) is 0 Å². The first kappa shape index (κ1) is 32.8. The van der Waals surface area contributed by atoms with E-state index in [2.05, 4.69) is 168 Å². The average molecular weight is 734 g/mol. The first-order valence-corrected chi connectivity index (χ1v) is 19.2. The molecule has 0 aliphatic rings. The lowest BCUT2D eigenvalue weighted by molar-refractivity contribution is 0.540. The summed E-state index contributed by atoms with van der Waals surface area (Å²) in [6, 6.07) is 57.4. The van der Waals surface area contributed by atoms with E-state index < -0.39 is 5.41 Å². The number of nitriles is 1. The van der Waals surface area contributed by atoms with Gasteiger partial charge in [-0.05, 0) is 66.7 Å². The third kappa shape index (κ3) is 4.94. The van der Waals surface area contributed by atoms with Gasteiger partial charge in [0.25, 0.3) is 0 Å². The molecule has 0 spiro atoms. The van der Waals surface area contributed by atoms with E-state index in [0.717, 1.165) is 60.5 Å². The van der Waals surface area contributed by atoms with Gasteiger partial charge < -0.3 is 9.13 Å². The zero-order valence-corrected chi connectivity index (χ0v) is 31.6. The number of aromatic nitrogens is 6. The summed E-state index contributed by atoms with van der Waals surface area (Å²) in [6.45, 7) is 6.36. The van der Waals surface area contributed by atoms with Crippen LogP contribution in [0.2, 0.25) is 0 Å². The molecule has 0 bridgehead atoms. The van der Waals surface area contributed by atoms with Crippen molar-refractivity contribution in [3.63, 3.8) is 0 Å². The number of para-hydroxylation sites is 5. The van der Waals surface area contributed by atoms with Crippen molar-refractivity contribution >= 4 is 65.4 Å². The van der Waals surface area contributed by atoms with Gasteiger partial charge in [0.05, 0.1) is 50.4 Å². The molecule has 4 heterocycles. The van der Waals surface area contributed by atoms with Crippen molar-refractivity contribution in [1.82, 2.24) is 28.7 Å². The van der Waals surface area contributed by atoms with Crippen LogP contribution in [0.4, 0.5) is 0 Å². The van der Waals surface area contributed by atoms with E-state index in [9.17, 15) is 5.26 Å². The highest BCUT2D eigenvalue weighted by Gasteiger charge is 2.25. The van der Waals surface area contributed by atoms with Crippen LogP contribution in [0.15, 0.2) is 158 Å². The Morgan fingerprint density at radius 2 is 0.930 bits per heavy atom.